The predicted octanol–water partition coefficient (Wildman–Crippen LogP) is 15.3. The number of carbonyl (C=O) groups excluding carboxylic acids is 2. The number of amides is 2. The third-order valence-electron chi connectivity index (χ3n) is 12.0. The Labute approximate surface area is 367 Å². The second-order valence-electron chi connectivity index (χ2n) is 17.0. The summed E-state index contributed by atoms with van der Waals surface area (Å²) in [6, 6.07) is 21.0. The zero-order valence-electron chi connectivity index (χ0n) is 38.0. The number of nitrogens with zero attached hydrogens (tertiary/aromatic N) is 1. The molecule has 0 aliphatic heterocycles. The van der Waals surface area contributed by atoms with E-state index >= 15 is 0 Å². The Morgan fingerprint density at radius 2 is 1.21 bits per heavy atom. The summed E-state index contributed by atoms with van der Waals surface area (Å²) in [4.78, 5) is 29.7. The highest BCUT2D eigenvalue weighted by molar-refractivity contribution is 6.12. The van der Waals surface area contributed by atoms with E-state index in [0.717, 1.165) is 44.1 Å². The summed E-state index contributed by atoms with van der Waals surface area (Å²) in [6.45, 7) is 7.16. The van der Waals surface area contributed by atoms with E-state index in [-0.39, 0.29) is 17.1 Å². The molecule has 4 rings (SSSR count). The number of unbranched alkanes of at least 4 members (excludes halogenated alkanes) is 17. The SMILES string of the molecule is CCCCCCCCCCCCN(C(=O)Oc1ccc(O)cc1CC(CCCCCC)CCCCCCCC)c1cccc2c(O)c(C(=O)Nc3ccccc3OC)ccc12. The van der Waals surface area contributed by atoms with Crippen LogP contribution in [0.15, 0.2) is 72.8 Å². The fourth-order valence-electron chi connectivity index (χ4n) is 8.46. The van der Waals surface area contributed by atoms with Crippen molar-refractivity contribution in [1.29, 1.82) is 0 Å². The van der Waals surface area contributed by atoms with Crippen LogP contribution in [0.2, 0.25) is 0 Å². The molecule has 0 fully saturated rings. The Morgan fingerprint density at radius 3 is 1.85 bits per heavy atom. The van der Waals surface area contributed by atoms with Gasteiger partial charge in [0.25, 0.3) is 5.91 Å². The molecule has 4 aromatic carbocycles. The largest absolute Gasteiger partial charge is 0.508 e. The lowest BCUT2D eigenvalue weighted by Crippen LogP contribution is -2.35. The molecule has 4 aromatic rings. The zero-order chi connectivity index (χ0) is 43.7. The maximum atomic E-state index is 14.5. The molecule has 0 heterocycles. The molecule has 0 aromatic heterocycles. The number of hydrogen-bond donors (Lipinski definition) is 3. The number of nitrogens with one attached hydrogen (secondary N) is 1. The number of fused-ring (bicyclic) bond motifs is 1. The van der Waals surface area contributed by atoms with Crippen molar-refractivity contribution >= 4 is 34.1 Å². The molecule has 334 valence electrons. The molecule has 8 heteroatoms. The van der Waals surface area contributed by atoms with Crippen LogP contribution in [0.1, 0.15) is 178 Å². The lowest BCUT2D eigenvalue weighted by atomic mass is 9.88. The van der Waals surface area contributed by atoms with Crippen LogP contribution in [0.4, 0.5) is 16.2 Å². The summed E-state index contributed by atoms with van der Waals surface area (Å²) in [5, 5.41) is 26.2. The molecule has 1 unspecified atom stereocenters. The molecule has 0 radical (unpaired) electrons. The van der Waals surface area contributed by atoms with Gasteiger partial charge in [0.05, 0.1) is 24.0 Å². The van der Waals surface area contributed by atoms with Crippen LogP contribution in [-0.4, -0.2) is 35.9 Å². The van der Waals surface area contributed by atoms with Crippen LogP contribution >= 0.6 is 0 Å². The van der Waals surface area contributed by atoms with Crippen LogP contribution < -0.4 is 19.7 Å². The van der Waals surface area contributed by atoms with Gasteiger partial charge in [0.2, 0.25) is 0 Å². The highest BCUT2D eigenvalue weighted by Crippen LogP contribution is 2.37. The summed E-state index contributed by atoms with van der Waals surface area (Å²) in [7, 11) is 1.54. The number of rotatable bonds is 30. The molecule has 61 heavy (non-hydrogen) atoms. The summed E-state index contributed by atoms with van der Waals surface area (Å²) < 4.78 is 11.8. The standard InChI is InChI=1S/C53H76N2O6/c1-5-8-11-14-16-17-18-19-21-26-38-55(48-32-27-30-45-44(48)35-36-46(51(45)57)52(58)54-47-31-24-25-33-50(47)60-4)53(59)61-49-37-34-43(56)40-42(49)39-41(28-22-13-10-7-3)29-23-20-15-12-9-6-2/h24-25,27,30-37,40-41,56-57H,5-23,26,28-29,38-39H2,1-4H3,(H,54,58). The van der Waals surface area contributed by atoms with Crippen molar-refractivity contribution in [2.45, 2.75) is 168 Å². The average Bonchev–Trinajstić information content (AvgIpc) is 3.26. The molecule has 0 spiro atoms. The van der Waals surface area contributed by atoms with E-state index in [1.807, 2.05) is 12.1 Å². The molecule has 1 atom stereocenters. The van der Waals surface area contributed by atoms with Crippen LogP contribution in [0.3, 0.4) is 0 Å². The molecule has 0 bridgehead atoms. The minimum absolute atomic E-state index is 0.110. The van der Waals surface area contributed by atoms with Crippen molar-refractivity contribution < 1.29 is 29.3 Å². The number of ether oxygens (including phenoxy) is 2. The van der Waals surface area contributed by atoms with Crippen LogP contribution in [0.5, 0.6) is 23.0 Å². The topological polar surface area (TPSA) is 108 Å². The molecule has 0 aliphatic rings. The lowest BCUT2D eigenvalue weighted by Gasteiger charge is -2.25. The summed E-state index contributed by atoms with van der Waals surface area (Å²) in [6.07, 6.45) is 26.5. The first kappa shape index (κ1) is 48.9. The molecular formula is C53H76N2O6. The maximum absolute atomic E-state index is 14.5. The summed E-state index contributed by atoms with van der Waals surface area (Å²) >= 11 is 0. The van der Waals surface area contributed by atoms with Crippen molar-refractivity contribution in [3.8, 4) is 23.0 Å². The first-order chi connectivity index (χ1) is 29.8. The van der Waals surface area contributed by atoms with E-state index in [2.05, 4.69) is 26.1 Å². The third kappa shape index (κ3) is 16.2. The minimum Gasteiger partial charge on any atom is -0.508 e. The molecule has 3 N–H and O–H groups in total. The Hall–Kier alpha value is -4.72. The molecule has 2 amide bonds. The number of hydrogen-bond acceptors (Lipinski definition) is 6. The smallest absolute Gasteiger partial charge is 0.419 e. The highest BCUT2D eigenvalue weighted by atomic mass is 16.6. The van der Waals surface area contributed by atoms with Crippen molar-refractivity contribution in [3.63, 3.8) is 0 Å². The lowest BCUT2D eigenvalue weighted by molar-refractivity contribution is 0.102. The number of benzene rings is 4. The monoisotopic (exact) mass is 837 g/mol. The first-order valence-corrected chi connectivity index (χ1v) is 23.8. The Morgan fingerprint density at radius 1 is 0.623 bits per heavy atom. The van der Waals surface area contributed by atoms with Crippen LogP contribution in [0.25, 0.3) is 10.8 Å². The third-order valence-corrected chi connectivity index (χ3v) is 12.0. The number of phenolic OH excluding ortho intramolecular Hbond substituents is 2. The van der Waals surface area contributed by atoms with Gasteiger partial charge in [-0.15, -0.1) is 0 Å². The molecule has 0 saturated heterocycles. The van der Waals surface area contributed by atoms with E-state index in [1.54, 1.807) is 72.7 Å². The molecule has 8 nitrogen and oxygen atoms in total. The second-order valence-corrected chi connectivity index (χ2v) is 17.0. The van der Waals surface area contributed by atoms with Gasteiger partial charge in [-0.25, -0.2) is 4.79 Å². The number of anilines is 2. The van der Waals surface area contributed by atoms with Crippen molar-refractivity contribution in [2.24, 2.45) is 5.92 Å². The van der Waals surface area contributed by atoms with Gasteiger partial charge in [-0.05, 0) is 66.8 Å². The van der Waals surface area contributed by atoms with Crippen molar-refractivity contribution in [2.75, 3.05) is 23.9 Å². The van der Waals surface area contributed by atoms with Gasteiger partial charge in [0.1, 0.15) is 23.0 Å². The number of methoxy groups -OCH3 is 1. The number of carbonyl (C=O) groups is 2. The second kappa shape index (κ2) is 28.0. The van der Waals surface area contributed by atoms with E-state index < -0.39 is 12.0 Å². The number of phenols is 2. The minimum atomic E-state index is -0.511. The van der Waals surface area contributed by atoms with Gasteiger partial charge in [-0.2, -0.15) is 0 Å². The predicted molar refractivity (Wildman–Crippen MR) is 254 cm³/mol. The van der Waals surface area contributed by atoms with Gasteiger partial charge in [-0.1, -0.05) is 186 Å². The maximum Gasteiger partial charge on any atom is 0.419 e. The van der Waals surface area contributed by atoms with Crippen LogP contribution in [0, 0.1) is 5.92 Å². The van der Waals surface area contributed by atoms with E-state index in [1.165, 1.54) is 109 Å². The zero-order valence-corrected chi connectivity index (χ0v) is 38.0. The Bertz CT molecular complexity index is 1890. The van der Waals surface area contributed by atoms with Crippen molar-refractivity contribution in [1.82, 2.24) is 0 Å². The van der Waals surface area contributed by atoms with Crippen molar-refractivity contribution in [3.05, 3.63) is 83.9 Å². The number of aromatic hydroxyl groups is 2. The van der Waals surface area contributed by atoms with Crippen LogP contribution in [-0.2, 0) is 6.42 Å². The quantitative estimate of drug-likeness (QED) is 0.0452. The van der Waals surface area contributed by atoms with Gasteiger partial charge in [0, 0.05) is 17.3 Å². The first-order valence-electron chi connectivity index (χ1n) is 23.8. The normalized spacial score (nSPS) is 11.7. The number of para-hydroxylation sites is 2. The Kier molecular flexibility index (Phi) is 22.5. The average molecular weight is 837 g/mol. The summed E-state index contributed by atoms with van der Waals surface area (Å²) in [5.74, 6) is 0.926. The Balaban J connectivity index is 1.58. The summed E-state index contributed by atoms with van der Waals surface area (Å²) in [5.41, 5.74) is 2.05. The van der Waals surface area contributed by atoms with Gasteiger partial charge in [-0.3, -0.25) is 9.69 Å². The fourth-order valence-corrected chi connectivity index (χ4v) is 8.46. The van der Waals surface area contributed by atoms with E-state index in [4.69, 9.17) is 9.47 Å². The van der Waals surface area contributed by atoms with Gasteiger partial charge < -0.3 is 25.0 Å². The molecule has 0 saturated carbocycles. The molecule has 0 aliphatic carbocycles. The van der Waals surface area contributed by atoms with Gasteiger partial charge >= 0.3 is 6.09 Å². The molecular weight excluding hydrogens is 761 g/mol. The fraction of sp³-hybridized carbons (Fsp3) is 0.547. The van der Waals surface area contributed by atoms with E-state index in [0.29, 0.717) is 46.1 Å². The van der Waals surface area contributed by atoms with Gasteiger partial charge in [0.15, 0.2) is 0 Å². The highest BCUT2D eigenvalue weighted by Gasteiger charge is 2.24. The van der Waals surface area contributed by atoms with E-state index in [9.17, 15) is 19.8 Å².